The lowest BCUT2D eigenvalue weighted by Crippen LogP contribution is -2.59. The van der Waals surface area contributed by atoms with Crippen LogP contribution in [0.5, 0.6) is 0 Å². The number of carbonyl (C=O) groups is 1. The Hall–Kier alpha value is -2.53. The summed E-state index contributed by atoms with van der Waals surface area (Å²) in [4.78, 5) is 13.1. The summed E-state index contributed by atoms with van der Waals surface area (Å²) in [6.07, 6.45) is -5.94. The van der Waals surface area contributed by atoms with Crippen molar-refractivity contribution < 1.29 is 41.3 Å². The Bertz CT molecular complexity index is 1070. The molecule has 1 unspecified atom stereocenters. The molecular formula is C26H29F4NO5. The second kappa shape index (κ2) is 10.1. The average molecular weight is 512 g/mol. The van der Waals surface area contributed by atoms with Gasteiger partial charge in [0, 0.05) is 19.9 Å². The van der Waals surface area contributed by atoms with Gasteiger partial charge in [-0.3, -0.25) is 4.79 Å². The van der Waals surface area contributed by atoms with Crippen LogP contribution in [0.3, 0.4) is 0 Å². The predicted molar refractivity (Wildman–Crippen MR) is 121 cm³/mol. The predicted octanol–water partition coefficient (Wildman–Crippen LogP) is 4.75. The molecule has 2 aromatic rings. The summed E-state index contributed by atoms with van der Waals surface area (Å²) in [5, 5.41) is 2.61. The van der Waals surface area contributed by atoms with Gasteiger partial charge in [0.25, 0.3) is 5.91 Å². The first-order valence-electron chi connectivity index (χ1n) is 11.6. The van der Waals surface area contributed by atoms with E-state index in [9.17, 15) is 22.4 Å². The first-order chi connectivity index (χ1) is 16.9. The van der Waals surface area contributed by atoms with E-state index in [1.807, 2.05) is 0 Å². The van der Waals surface area contributed by atoms with E-state index in [2.05, 4.69) is 5.32 Å². The van der Waals surface area contributed by atoms with Crippen molar-refractivity contribution in [3.05, 3.63) is 71.0 Å². The number of nitrogens with one attached hydrogen (secondary N) is 1. The molecule has 6 nitrogen and oxygen atoms in total. The highest BCUT2D eigenvalue weighted by Gasteiger charge is 2.57. The third-order valence-electron chi connectivity index (χ3n) is 6.44. The van der Waals surface area contributed by atoms with Crippen molar-refractivity contribution >= 4 is 5.91 Å². The fourth-order valence-electron chi connectivity index (χ4n) is 4.78. The number of likely N-dealkylation sites (N-methyl/N-ethyl adjacent to an activating group) is 1. The summed E-state index contributed by atoms with van der Waals surface area (Å²) in [6, 6.07) is 10.7. The number of carbonyl (C=O) groups excluding carboxylic acids is 1. The Balaban J connectivity index is 1.58. The van der Waals surface area contributed by atoms with E-state index in [0.29, 0.717) is 0 Å². The van der Waals surface area contributed by atoms with E-state index >= 15 is 0 Å². The van der Waals surface area contributed by atoms with E-state index in [0.717, 1.165) is 17.7 Å². The minimum absolute atomic E-state index is 0.0907. The second-order valence-electron chi connectivity index (χ2n) is 9.58. The molecule has 2 aromatic carbocycles. The van der Waals surface area contributed by atoms with Crippen molar-refractivity contribution in [3.8, 4) is 0 Å². The molecule has 1 aliphatic carbocycles. The summed E-state index contributed by atoms with van der Waals surface area (Å²) in [5.74, 6) is -1.73. The SMILES string of the molecule is CNC(=O)[C@@]1(OCc2cccc(C(F)(F)F)c2)CC(OCc2ccc(F)cc2)[C@@H]2OC(C)(C)O[C@@H]2C1. The van der Waals surface area contributed by atoms with Crippen molar-refractivity contribution in [3.63, 3.8) is 0 Å². The number of amides is 1. The monoisotopic (exact) mass is 511 g/mol. The van der Waals surface area contributed by atoms with E-state index in [-0.39, 0.29) is 37.4 Å². The fraction of sp³-hybridized carbons (Fsp3) is 0.500. The molecule has 196 valence electrons. The quantitative estimate of drug-likeness (QED) is 0.544. The van der Waals surface area contributed by atoms with Gasteiger partial charge >= 0.3 is 6.18 Å². The highest BCUT2D eigenvalue weighted by Crippen LogP contribution is 2.44. The largest absolute Gasteiger partial charge is 0.416 e. The standard InChI is InChI=1S/C26H29F4NO5/c1-24(2)35-21-13-25(23(32)31-3,34-15-17-5-4-6-18(11-17)26(28,29)30)12-20(22(21)36-24)33-14-16-7-9-19(27)10-8-16/h4-11,20-22H,12-15H2,1-3H3,(H,31,32)/t20?,21-,22+,25-/m1/s1. The van der Waals surface area contributed by atoms with Gasteiger partial charge in [0.15, 0.2) is 11.4 Å². The highest BCUT2D eigenvalue weighted by atomic mass is 19.4. The van der Waals surface area contributed by atoms with Crippen molar-refractivity contribution in [2.75, 3.05) is 7.05 Å². The third kappa shape index (κ3) is 5.88. The normalized spacial score (nSPS) is 27.5. The molecule has 1 heterocycles. The van der Waals surface area contributed by atoms with Gasteiger partial charge in [-0.05, 0) is 49.2 Å². The Kier molecular flexibility index (Phi) is 7.43. The molecule has 2 fully saturated rings. The average Bonchev–Trinajstić information content (AvgIpc) is 3.15. The summed E-state index contributed by atoms with van der Waals surface area (Å²) in [6.45, 7) is 3.43. The van der Waals surface area contributed by atoms with Crippen molar-refractivity contribution in [2.24, 2.45) is 0 Å². The van der Waals surface area contributed by atoms with Crippen LogP contribution in [-0.2, 0) is 43.1 Å². The highest BCUT2D eigenvalue weighted by molar-refractivity contribution is 5.85. The van der Waals surface area contributed by atoms with Crippen LogP contribution in [0, 0.1) is 5.82 Å². The zero-order valence-corrected chi connectivity index (χ0v) is 20.2. The van der Waals surface area contributed by atoms with Crippen LogP contribution in [0.4, 0.5) is 17.6 Å². The number of fused-ring (bicyclic) bond motifs is 1. The minimum atomic E-state index is -4.49. The molecule has 0 aromatic heterocycles. The van der Waals surface area contributed by atoms with Gasteiger partial charge in [-0.15, -0.1) is 0 Å². The number of benzene rings is 2. The number of halogens is 4. The lowest BCUT2D eigenvalue weighted by Gasteiger charge is -2.43. The Morgan fingerprint density at radius 2 is 1.78 bits per heavy atom. The molecule has 0 radical (unpaired) electrons. The lowest BCUT2D eigenvalue weighted by molar-refractivity contribution is -0.183. The number of ether oxygens (including phenoxy) is 4. The molecule has 1 N–H and O–H groups in total. The van der Waals surface area contributed by atoms with Crippen LogP contribution >= 0.6 is 0 Å². The van der Waals surface area contributed by atoms with E-state index < -0.39 is 47.3 Å². The van der Waals surface area contributed by atoms with Crippen molar-refractivity contribution in [1.82, 2.24) is 5.32 Å². The topological polar surface area (TPSA) is 66.0 Å². The number of hydrogen-bond acceptors (Lipinski definition) is 5. The van der Waals surface area contributed by atoms with Gasteiger partial charge < -0.3 is 24.3 Å². The Morgan fingerprint density at radius 3 is 2.44 bits per heavy atom. The van der Waals surface area contributed by atoms with Crippen LogP contribution in [0.25, 0.3) is 0 Å². The summed E-state index contributed by atoms with van der Waals surface area (Å²) in [7, 11) is 1.47. The minimum Gasteiger partial charge on any atom is -0.371 e. The van der Waals surface area contributed by atoms with Gasteiger partial charge in [0.2, 0.25) is 0 Å². The van der Waals surface area contributed by atoms with Crippen molar-refractivity contribution in [1.29, 1.82) is 0 Å². The van der Waals surface area contributed by atoms with Gasteiger partial charge in [-0.1, -0.05) is 24.3 Å². The van der Waals surface area contributed by atoms with Gasteiger partial charge in [-0.25, -0.2) is 4.39 Å². The summed E-state index contributed by atoms with van der Waals surface area (Å²) >= 11 is 0. The maximum absolute atomic E-state index is 13.3. The lowest BCUT2D eigenvalue weighted by atomic mass is 9.78. The molecule has 4 atom stereocenters. The van der Waals surface area contributed by atoms with Crippen LogP contribution in [0.2, 0.25) is 0 Å². The van der Waals surface area contributed by atoms with E-state index in [1.165, 1.54) is 31.3 Å². The Labute approximate surface area is 206 Å². The molecule has 1 aliphatic heterocycles. The summed E-state index contributed by atoms with van der Waals surface area (Å²) < 4.78 is 77.2. The second-order valence-corrected chi connectivity index (χ2v) is 9.58. The number of hydrogen-bond donors (Lipinski definition) is 1. The summed E-state index contributed by atoms with van der Waals surface area (Å²) in [5.41, 5.74) is -1.22. The van der Waals surface area contributed by atoms with Gasteiger partial charge in [0.05, 0.1) is 31.0 Å². The zero-order chi connectivity index (χ0) is 26.1. The van der Waals surface area contributed by atoms with E-state index in [4.69, 9.17) is 18.9 Å². The maximum Gasteiger partial charge on any atom is 0.416 e. The molecule has 2 aliphatic rings. The molecule has 0 bridgehead atoms. The number of rotatable bonds is 7. The molecule has 1 amide bonds. The van der Waals surface area contributed by atoms with Crippen LogP contribution in [0.15, 0.2) is 48.5 Å². The van der Waals surface area contributed by atoms with Crippen molar-refractivity contribution in [2.45, 2.75) is 75.8 Å². The van der Waals surface area contributed by atoms with Crippen LogP contribution in [0.1, 0.15) is 43.4 Å². The molecule has 0 spiro atoms. The Morgan fingerprint density at radius 1 is 1.06 bits per heavy atom. The zero-order valence-electron chi connectivity index (χ0n) is 20.2. The molecule has 10 heteroatoms. The molecule has 4 rings (SSSR count). The van der Waals surface area contributed by atoms with Crippen LogP contribution < -0.4 is 5.32 Å². The fourth-order valence-corrected chi connectivity index (χ4v) is 4.78. The maximum atomic E-state index is 13.3. The van der Waals surface area contributed by atoms with Gasteiger partial charge in [-0.2, -0.15) is 13.2 Å². The first-order valence-corrected chi connectivity index (χ1v) is 11.6. The van der Waals surface area contributed by atoms with E-state index in [1.54, 1.807) is 26.0 Å². The molecule has 1 saturated carbocycles. The molecule has 1 saturated heterocycles. The molecular weight excluding hydrogens is 482 g/mol. The smallest absolute Gasteiger partial charge is 0.371 e. The first kappa shape index (κ1) is 26.5. The number of alkyl halides is 3. The molecule has 36 heavy (non-hydrogen) atoms. The van der Waals surface area contributed by atoms with Crippen LogP contribution in [-0.4, -0.2) is 42.7 Å². The van der Waals surface area contributed by atoms with Gasteiger partial charge in [0.1, 0.15) is 11.9 Å². The third-order valence-corrected chi connectivity index (χ3v) is 6.44.